The van der Waals surface area contributed by atoms with E-state index in [1.165, 1.54) is 5.56 Å². The van der Waals surface area contributed by atoms with Crippen LogP contribution in [0.5, 0.6) is 5.75 Å². The van der Waals surface area contributed by atoms with Gasteiger partial charge in [-0.3, -0.25) is 0 Å². The Labute approximate surface area is 94.8 Å². The molecule has 0 saturated carbocycles. The smallest absolute Gasteiger partial charge is 0.126 e. The number of hydrogen-bond acceptors (Lipinski definition) is 1. The van der Waals surface area contributed by atoms with Crippen LogP contribution in [0.3, 0.4) is 0 Å². The Morgan fingerprint density at radius 3 is 2.67 bits per heavy atom. The maximum atomic E-state index is 5.34. The Morgan fingerprint density at radius 1 is 1.17 bits per heavy atom. The third-order valence-corrected chi connectivity index (χ3v) is 1.55. The maximum absolute atomic E-state index is 5.34. The van der Waals surface area contributed by atoms with Gasteiger partial charge in [0.15, 0.2) is 0 Å². The first kappa shape index (κ1) is 11.9. The van der Waals surface area contributed by atoms with Crippen LogP contribution in [0.4, 0.5) is 0 Å². The van der Waals surface area contributed by atoms with Crippen molar-refractivity contribution in [3.05, 3.63) is 35.9 Å². The van der Waals surface area contributed by atoms with Gasteiger partial charge in [0.1, 0.15) is 12.4 Å². The van der Waals surface area contributed by atoms with Gasteiger partial charge >= 0.3 is 0 Å². The van der Waals surface area contributed by atoms with E-state index in [2.05, 4.69) is 6.08 Å². The van der Waals surface area contributed by atoms with Gasteiger partial charge < -0.3 is 4.74 Å². The van der Waals surface area contributed by atoms with E-state index in [0.29, 0.717) is 6.61 Å². The molecule has 1 aromatic carbocycles. The summed E-state index contributed by atoms with van der Waals surface area (Å²) in [4.78, 5) is 0. The minimum Gasteiger partial charge on any atom is -0.489 e. The minimum absolute atomic E-state index is 0. The van der Waals surface area contributed by atoms with E-state index >= 15 is 0 Å². The van der Waals surface area contributed by atoms with Crippen LogP contribution in [0.2, 0.25) is 0 Å². The van der Waals surface area contributed by atoms with Gasteiger partial charge in [-0.15, -0.1) is 0 Å². The van der Waals surface area contributed by atoms with Crippen molar-refractivity contribution in [3.8, 4) is 5.75 Å². The molecule has 0 aliphatic carbocycles. The third kappa shape index (κ3) is 2.44. The molecule has 1 nitrogen and oxygen atoms in total. The predicted octanol–water partition coefficient (Wildman–Crippen LogP) is 1.71. The molecular weight excluding hydrogens is 202 g/mol. The van der Waals surface area contributed by atoms with Gasteiger partial charge in [0.05, 0.1) is 0 Å². The molecule has 0 fully saturated rings. The fourth-order valence-electron chi connectivity index (χ4n) is 1.06. The average Bonchev–Trinajstić information content (AvgIpc) is 2.05. The molecule has 0 atom stereocenters. The minimum atomic E-state index is 0. The molecule has 1 heterocycles. The van der Waals surface area contributed by atoms with Gasteiger partial charge in [-0.25, -0.2) is 0 Å². The van der Waals surface area contributed by atoms with Crippen molar-refractivity contribution in [2.45, 2.75) is 0 Å². The molecule has 1 aliphatic heterocycles. The van der Waals surface area contributed by atoms with Crippen molar-refractivity contribution in [2.24, 2.45) is 0 Å². The fraction of sp³-hybridized carbons (Fsp3) is 0.111. The summed E-state index contributed by atoms with van der Waals surface area (Å²) in [6, 6.07) is 8.03. The van der Waals surface area contributed by atoms with Crippen LogP contribution in [0.25, 0.3) is 6.08 Å². The molecule has 0 spiro atoms. The van der Waals surface area contributed by atoms with E-state index in [-0.39, 0.29) is 35.9 Å². The summed E-state index contributed by atoms with van der Waals surface area (Å²) in [6.45, 7) is 0.705. The van der Waals surface area contributed by atoms with Crippen LogP contribution >= 0.6 is 0 Å². The summed E-state index contributed by atoms with van der Waals surface area (Å²) in [7, 11) is 0. The summed E-state index contributed by atoms with van der Waals surface area (Å²) in [5.74, 6) is 0.991. The standard InChI is InChI=1S/C9H8O.Al.V/c1-2-6-9-8(4-1)5-3-7-10-9;;/h1-6H,7H2;;. The second kappa shape index (κ2) is 5.51. The Balaban J connectivity index is 0.000000605. The first-order valence-corrected chi connectivity index (χ1v) is 3.35. The second-order valence-corrected chi connectivity index (χ2v) is 2.25. The molecule has 3 heteroatoms. The SMILES string of the molecule is C1=Cc2ccccc2OC1.[Al].[V]. The fourth-order valence-corrected chi connectivity index (χ4v) is 1.06. The molecule has 58 valence electrons. The number of ether oxygens (including phenoxy) is 1. The molecule has 0 amide bonds. The molecule has 0 saturated heterocycles. The van der Waals surface area contributed by atoms with Crippen LogP contribution in [-0.2, 0) is 18.6 Å². The molecule has 0 unspecified atom stereocenters. The summed E-state index contributed by atoms with van der Waals surface area (Å²) in [5.41, 5.74) is 1.17. The van der Waals surface area contributed by atoms with Crippen molar-refractivity contribution in [1.82, 2.24) is 0 Å². The van der Waals surface area contributed by atoms with Crippen LogP contribution in [0.1, 0.15) is 5.56 Å². The quantitative estimate of drug-likeness (QED) is 0.592. The first-order valence-electron chi connectivity index (χ1n) is 3.35. The molecular formula is C9H8AlOV. The van der Waals surface area contributed by atoms with Crippen LogP contribution in [-0.4, -0.2) is 24.0 Å². The van der Waals surface area contributed by atoms with E-state index in [1.807, 2.05) is 30.3 Å². The molecule has 2 rings (SSSR count). The van der Waals surface area contributed by atoms with Crippen molar-refractivity contribution >= 4 is 23.4 Å². The van der Waals surface area contributed by atoms with Crippen molar-refractivity contribution in [1.29, 1.82) is 0 Å². The molecule has 1 aromatic rings. The molecule has 0 N–H and O–H groups in total. The molecule has 1 aliphatic rings. The number of benzene rings is 1. The van der Waals surface area contributed by atoms with E-state index in [1.54, 1.807) is 0 Å². The van der Waals surface area contributed by atoms with E-state index < -0.39 is 0 Å². The topological polar surface area (TPSA) is 9.23 Å². The third-order valence-electron chi connectivity index (χ3n) is 1.55. The zero-order valence-electron chi connectivity index (χ0n) is 6.60. The number of hydrogen-bond donors (Lipinski definition) is 0. The number of fused-ring (bicyclic) bond motifs is 1. The monoisotopic (exact) mass is 210 g/mol. The molecule has 12 heavy (non-hydrogen) atoms. The van der Waals surface area contributed by atoms with Crippen LogP contribution in [0.15, 0.2) is 30.3 Å². The predicted molar refractivity (Wildman–Crippen MR) is 46.7 cm³/mol. The van der Waals surface area contributed by atoms with Gasteiger partial charge in [-0.1, -0.05) is 24.3 Å². The van der Waals surface area contributed by atoms with Crippen LogP contribution in [0, 0.1) is 0 Å². The average molecular weight is 210 g/mol. The van der Waals surface area contributed by atoms with Gasteiger partial charge in [-0.05, 0) is 12.1 Å². The summed E-state index contributed by atoms with van der Waals surface area (Å²) in [6.07, 6.45) is 4.10. The Kier molecular flexibility index (Phi) is 5.45. The summed E-state index contributed by atoms with van der Waals surface area (Å²) >= 11 is 0. The molecule has 0 bridgehead atoms. The first-order chi connectivity index (χ1) is 4.97. The largest absolute Gasteiger partial charge is 0.489 e. The Bertz CT molecular complexity index is 273. The van der Waals surface area contributed by atoms with Gasteiger partial charge in [-0.2, -0.15) is 0 Å². The van der Waals surface area contributed by atoms with Crippen molar-refractivity contribution in [3.63, 3.8) is 0 Å². The Hall–Kier alpha value is -0.123. The normalized spacial score (nSPS) is 11.7. The Morgan fingerprint density at radius 2 is 1.92 bits per heavy atom. The molecule has 0 aromatic heterocycles. The zero-order chi connectivity index (χ0) is 6.81. The van der Waals surface area contributed by atoms with E-state index in [4.69, 9.17) is 4.74 Å². The van der Waals surface area contributed by atoms with E-state index in [0.717, 1.165) is 5.75 Å². The van der Waals surface area contributed by atoms with Crippen molar-refractivity contribution < 1.29 is 23.3 Å². The van der Waals surface area contributed by atoms with E-state index in [9.17, 15) is 0 Å². The molecule has 4 radical (unpaired) electrons. The van der Waals surface area contributed by atoms with Gasteiger partial charge in [0.2, 0.25) is 0 Å². The maximum Gasteiger partial charge on any atom is 0.126 e. The van der Waals surface area contributed by atoms with Gasteiger partial charge in [0, 0.05) is 41.5 Å². The summed E-state index contributed by atoms with van der Waals surface area (Å²) in [5, 5.41) is 0. The van der Waals surface area contributed by atoms with Gasteiger partial charge in [0.25, 0.3) is 0 Å². The summed E-state index contributed by atoms with van der Waals surface area (Å²) < 4.78 is 5.34. The number of para-hydroxylation sites is 1. The van der Waals surface area contributed by atoms with Crippen LogP contribution < -0.4 is 4.74 Å². The number of rotatable bonds is 0. The second-order valence-electron chi connectivity index (χ2n) is 2.25. The van der Waals surface area contributed by atoms with Crippen molar-refractivity contribution in [2.75, 3.05) is 6.61 Å². The zero-order valence-corrected chi connectivity index (χ0v) is 9.16.